The zero-order valence-electron chi connectivity index (χ0n) is 15.5. The Morgan fingerprint density at radius 2 is 1.89 bits per heavy atom. The van der Waals surface area contributed by atoms with Crippen LogP contribution in [0.25, 0.3) is 10.9 Å². The van der Waals surface area contributed by atoms with Gasteiger partial charge in [0.25, 0.3) is 0 Å². The van der Waals surface area contributed by atoms with Gasteiger partial charge in [-0.15, -0.1) is 0 Å². The van der Waals surface area contributed by atoms with E-state index in [4.69, 9.17) is 5.26 Å². The first-order valence-corrected chi connectivity index (χ1v) is 9.80. The third kappa shape index (κ3) is 4.66. The highest BCUT2D eigenvalue weighted by atomic mass is 32.2. The number of aromatic nitrogens is 1. The van der Waals surface area contributed by atoms with Crippen molar-refractivity contribution in [3.63, 3.8) is 0 Å². The molecule has 1 heterocycles. The lowest BCUT2D eigenvalue weighted by Crippen LogP contribution is -2.33. The highest BCUT2D eigenvalue weighted by Gasteiger charge is 2.16. The molecule has 0 fully saturated rings. The third-order valence-corrected chi connectivity index (χ3v) is 5.23. The molecule has 136 valence electrons. The molecule has 3 rings (SSSR count). The van der Waals surface area contributed by atoms with Gasteiger partial charge in [-0.3, -0.25) is 4.79 Å². The first-order valence-electron chi connectivity index (χ1n) is 8.81. The van der Waals surface area contributed by atoms with Crippen LogP contribution in [0.2, 0.25) is 0 Å². The number of para-hydroxylation sites is 1. The normalized spacial score (nSPS) is 10.6. The summed E-state index contributed by atoms with van der Waals surface area (Å²) in [6.07, 6.45) is 0.303. The molecular formula is C22H21N3OS. The Morgan fingerprint density at radius 1 is 1.15 bits per heavy atom. The molecule has 0 atom stereocenters. The fraction of sp³-hybridized carbons (Fsp3) is 0.227. The minimum atomic E-state index is -0.0216. The number of anilines is 1. The van der Waals surface area contributed by atoms with Crippen LogP contribution in [0.1, 0.15) is 17.5 Å². The molecule has 27 heavy (non-hydrogen) atoms. The summed E-state index contributed by atoms with van der Waals surface area (Å²) in [5.74, 6) is 0.260. The minimum Gasteiger partial charge on any atom is -0.311 e. The van der Waals surface area contributed by atoms with Crippen LogP contribution in [0.3, 0.4) is 0 Å². The van der Waals surface area contributed by atoms with E-state index in [9.17, 15) is 4.79 Å². The van der Waals surface area contributed by atoms with Crippen LogP contribution in [-0.2, 0) is 4.79 Å². The topological polar surface area (TPSA) is 57.0 Å². The van der Waals surface area contributed by atoms with E-state index in [0.29, 0.717) is 13.0 Å². The van der Waals surface area contributed by atoms with Gasteiger partial charge in [-0.1, -0.05) is 47.7 Å². The van der Waals surface area contributed by atoms with Crippen molar-refractivity contribution in [2.24, 2.45) is 0 Å². The second kappa shape index (κ2) is 8.70. The predicted molar refractivity (Wildman–Crippen MR) is 111 cm³/mol. The third-order valence-electron chi connectivity index (χ3n) is 4.34. The summed E-state index contributed by atoms with van der Waals surface area (Å²) in [7, 11) is 0. The SMILES string of the molecule is Cc1ccc(N(CCC#N)C(=O)CSc2cc(C)c3ccccc3n2)cc1. The number of nitrogens with zero attached hydrogens (tertiary/aromatic N) is 3. The number of pyridine rings is 1. The Kier molecular flexibility index (Phi) is 6.10. The Bertz CT molecular complexity index is 993. The zero-order valence-corrected chi connectivity index (χ0v) is 16.3. The second-order valence-electron chi connectivity index (χ2n) is 6.37. The maximum Gasteiger partial charge on any atom is 0.237 e. The van der Waals surface area contributed by atoms with Crippen molar-refractivity contribution in [1.82, 2.24) is 4.98 Å². The van der Waals surface area contributed by atoms with Crippen LogP contribution in [-0.4, -0.2) is 23.2 Å². The first kappa shape index (κ1) is 18.9. The average molecular weight is 375 g/mol. The lowest BCUT2D eigenvalue weighted by molar-refractivity contribution is -0.116. The number of hydrogen-bond acceptors (Lipinski definition) is 4. The Hall–Kier alpha value is -2.84. The summed E-state index contributed by atoms with van der Waals surface area (Å²) in [6.45, 7) is 4.46. The number of rotatable bonds is 6. The predicted octanol–water partition coefficient (Wildman–Crippen LogP) is 4.89. The van der Waals surface area contributed by atoms with Crippen LogP contribution in [0.5, 0.6) is 0 Å². The Labute approximate surface area is 163 Å². The number of amides is 1. The van der Waals surface area contributed by atoms with Gasteiger partial charge in [0.05, 0.1) is 28.8 Å². The number of carbonyl (C=O) groups is 1. The van der Waals surface area contributed by atoms with Crippen molar-refractivity contribution in [2.75, 3.05) is 17.2 Å². The molecule has 4 nitrogen and oxygen atoms in total. The molecular weight excluding hydrogens is 354 g/mol. The van der Waals surface area contributed by atoms with Crippen LogP contribution in [0, 0.1) is 25.2 Å². The molecule has 0 unspecified atom stereocenters. The van der Waals surface area contributed by atoms with E-state index in [1.54, 1.807) is 4.90 Å². The molecule has 0 saturated heterocycles. The largest absolute Gasteiger partial charge is 0.311 e. The molecule has 3 aromatic rings. The summed E-state index contributed by atoms with van der Waals surface area (Å²) in [5, 5.41) is 10.9. The van der Waals surface area contributed by atoms with Gasteiger partial charge in [0.15, 0.2) is 0 Å². The quantitative estimate of drug-likeness (QED) is 0.576. The van der Waals surface area contributed by atoms with E-state index in [1.165, 1.54) is 11.8 Å². The molecule has 0 aliphatic rings. The Morgan fingerprint density at radius 3 is 2.63 bits per heavy atom. The number of fused-ring (bicyclic) bond motifs is 1. The van der Waals surface area contributed by atoms with Crippen molar-refractivity contribution >= 4 is 34.3 Å². The van der Waals surface area contributed by atoms with Crippen molar-refractivity contribution in [1.29, 1.82) is 5.26 Å². The van der Waals surface area contributed by atoms with Gasteiger partial charge in [-0.2, -0.15) is 5.26 Å². The van der Waals surface area contributed by atoms with Crippen molar-refractivity contribution < 1.29 is 4.79 Å². The summed E-state index contributed by atoms with van der Waals surface area (Å²) in [6, 6.07) is 20.0. The van der Waals surface area contributed by atoms with Gasteiger partial charge in [0.2, 0.25) is 5.91 Å². The molecule has 0 radical (unpaired) electrons. The molecule has 5 heteroatoms. The summed E-state index contributed by atoms with van der Waals surface area (Å²) in [5.41, 5.74) is 4.04. The van der Waals surface area contributed by atoms with E-state index in [0.717, 1.165) is 32.7 Å². The zero-order chi connectivity index (χ0) is 19.2. The standard InChI is InChI=1S/C22H21N3OS/c1-16-8-10-18(11-9-16)25(13-5-12-23)22(26)15-27-21-14-17(2)19-6-3-4-7-20(19)24-21/h3-4,6-11,14H,5,13,15H2,1-2H3. The maximum atomic E-state index is 12.8. The fourth-order valence-electron chi connectivity index (χ4n) is 2.89. The van der Waals surface area contributed by atoms with Crippen LogP contribution in [0.4, 0.5) is 5.69 Å². The van der Waals surface area contributed by atoms with Crippen LogP contribution >= 0.6 is 11.8 Å². The molecule has 2 aromatic carbocycles. The Balaban J connectivity index is 1.75. The van der Waals surface area contributed by atoms with Crippen LogP contribution < -0.4 is 4.90 Å². The van der Waals surface area contributed by atoms with E-state index >= 15 is 0 Å². The lowest BCUT2D eigenvalue weighted by Gasteiger charge is -2.22. The van der Waals surface area contributed by atoms with E-state index in [1.807, 2.05) is 55.5 Å². The number of thioether (sulfide) groups is 1. The molecule has 1 aromatic heterocycles. The van der Waals surface area contributed by atoms with Crippen LogP contribution in [0.15, 0.2) is 59.6 Å². The average Bonchev–Trinajstić information content (AvgIpc) is 2.68. The fourth-order valence-corrected chi connectivity index (χ4v) is 3.74. The number of hydrogen-bond donors (Lipinski definition) is 0. The number of aryl methyl sites for hydroxylation is 2. The molecule has 0 aliphatic carbocycles. The summed E-state index contributed by atoms with van der Waals surface area (Å²) < 4.78 is 0. The summed E-state index contributed by atoms with van der Waals surface area (Å²) >= 11 is 1.43. The molecule has 0 saturated carbocycles. The van der Waals surface area contributed by atoms with Gasteiger partial charge >= 0.3 is 0 Å². The van der Waals surface area contributed by atoms with Crippen molar-refractivity contribution in [3.8, 4) is 6.07 Å². The van der Waals surface area contributed by atoms with Gasteiger partial charge < -0.3 is 4.90 Å². The lowest BCUT2D eigenvalue weighted by atomic mass is 10.1. The van der Waals surface area contributed by atoms with Gasteiger partial charge in [-0.05, 0) is 43.7 Å². The molecule has 1 amide bonds. The van der Waals surface area contributed by atoms with Gasteiger partial charge in [0, 0.05) is 17.6 Å². The number of nitriles is 1. The van der Waals surface area contributed by atoms with Crippen molar-refractivity contribution in [2.45, 2.75) is 25.3 Å². The highest BCUT2D eigenvalue weighted by Crippen LogP contribution is 2.25. The van der Waals surface area contributed by atoms with Crippen molar-refractivity contribution in [3.05, 3.63) is 65.7 Å². The molecule has 0 spiro atoms. The number of carbonyl (C=O) groups excluding carboxylic acids is 1. The minimum absolute atomic E-state index is 0.0216. The van der Waals surface area contributed by atoms with E-state index in [2.05, 4.69) is 24.0 Å². The molecule has 0 aliphatic heterocycles. The molecule has 0 bridgehead atoms. The second-order valence-corrected chi connectivity index (χ2v) is 7.37. The van der Waals surface area contributed by atoms with E-state index < -0.39 is 0 Å². The molecule has 0 N–H and O–H groups in total. The monoisotopic (exact) mass is 375 g/mol. The van der Waals surface area contributed by atoms with Gasteiger partial charge in [-0.25, -0.2) is 4.98 Å². The first-order chi connectivity index (χ1) is 13.1. The summed E-state index contributed by atoms with van der Waals surface area (Å²) in [4.78, 5) is 19.2. The van der Waals surface area contributed by atoms with E-state index in [-0.39, 0.29) is 11.7 Å². The highest BCUT2D eigenvalue weighted by molar-refractivity contribution is 7.99. The number of benzene rings is 2. The maximum absolute atomic E-state index is 12.8. The smallest absolute Gasteiger partial charge is 0.237 e. The van der Waals surface area contributed by atoms with Gasteiger partial charge in [0.1, 0.15) is 0 Å².